The van der Waals surface area contributed by atoms with Gasteiger partial charge < -0.3 is 19.3 Å². The van der Waals surface area contributed by atoms with Gasteiger partial charge in [0.05, 0.1) is 19.1 Å². The van der Waals surface area contributed by atoms with Gasteiger partial charge in [-0.05, 0) is 56.8 Å². The number of methoxy groups -OCH3 is 1. The Bertz CT molecular complexity index is 705. The monoisotopic (exact) mass is 428 g/mol. The first kappa shape index (κ1) is 23.0. The van der Waals surface area contributed by atoms with Crippen molar-refractivity contribution in [2.24, 2.45) is 5.92 Å². The summed E-state index contributed by atoms with van der Waals surface area (Å²) in [6.45, 7) is 5.04. The van der Waals surface area contributed by atoms with Crippen LogP contribution < -0.4 is 0 Å². The number of carbonyl (C=O) groups excluding carboxylic acids is 1. The van der Waals surface area contributed by atoms with Crippen molar-refractivity contribution in [2.45, 2.75) is 38.2 Å². The Kier molecular flexibility index (Phi) is 8.53. The first-order valence-electron chi connectivity index (χ1n) is 10.7. The fourth-order valence-electron chi connectivity index (χ4n) is 4.23. The predicted octanol–water partition coefficient (Wildman–Crippen LogP) is 3.01. The third kappa shape index (κ3) is 6.18. The molecule has 1 atom stereocenters. The Morgan fingerprint density at radius 3 is 2.57 bits per heavy atom. The van der Waals surface area contributed by atoms with Crippen LogP contribution in [0.15, 0.2) is 12.1 Å². The van der Waals surface area contributed by atoms with Crippen molar-refractivity contribution < 1.29 is 27.4 Å². The number of hydrogen-bond acceptors (Lipinski definition) is 4. The summed E-state index contributed by atoms with van der Waals surface area (Å²) in [7, 11) is 1.69. The van der Waals surface area contributed by atoms with Crippen LogP contribution in [0.2, 0.25) is 0 Å². The minimum absolute atomic E-state index is 0.0575. The quantitative estimate of drug-likeness (QED) is 0.567. The van der Waals surface area contributed by atoms with E-state index in [0.29, 0.717) is 32.2 Å². The molecule has 2 saturated heterocycles. The maximum atomic E-state index is 14.1. The Balaban J connectivity index is 1.64. The third-order valence-electron chi connectivity index (χ3n) is 6.07. The topological polar surface area (TPSA) is 42.0 Å². The summed E-state index contributed by atoms with van der Waals surface area (Å²) < 4.78 is 52.5. The molecule has 0 aromatic heterocycles. The van der Waals surface area contributed by atoms with Crippen LogP contribution in [0.4, 0.5) is 13.2 Å². The lowest BCUT2D eigenvalue weighted by molar-refractivity contribution is -0.133. The van der Waals surface area contributed by atoms with Gasteiger partial charge in [-0.2, -0.15) is 0 Å². The molecule has 3 rings (SSSR count). The van der Waals surface area contributed by atoms with Crippen LogP contribution in [-0.2, 0) is 20.7 Å². The summed E-state index contributed by atoms with van der Waals surface area (Å²) in [5.41, 5.74) is -0.508. The van der Waals surface area contributed by atoms with Crippen LogP contribution in [0.1, 0.15) is 31.2 Å². The average Bonchev–Trinajstić information content (AvgIpc) is 3.26. The van der Waals surface area contributed by atoms with Gasteiger partial charge in [-0.3, -0.25) is 4.79 Å². The zero-order chi connectivity index (χ0) is 21.5. The lowest BCUT2D eigenvalue weighted by Gasteiger charge is -2.35. The van der Waals surface area contributed by atoms with E-state index < -0.39 is 35.3 Å². The van der Waals surface area contributed by atoms with Gasteiger partial charge in [0.25, 0.3) is 0 Å². The summed E-state index contributed by atoms with van der Waals surface area (Å²) in [6, 6.07) is 1.60. The van der Waals surface area contributed by atoms with Gasteiger partial charge in [-0.15, -0.1) is 0 Å². The minimum Gasteiger partial charge on any atom is -0.383 e. The van der Waals surface area contributed by atoms with Gasteiger partial charge in [0, 0.05) is 38.9 Å². The highest BCUT2D eigenvalue weighted by atomic mass is 19.2. The first-order valence-corrected chi connectivity index (χ1v) is 10.7. The van der Waals surface area contributed by atoms with E-state index >= 15 is 0 Å². The van der Waals surface area contributed by atoms with E-state index in [-0.39, 0.29) is 6.10 Å². The van der Waals surface area contributed by atoms with E-state index in [1.807, 2.05) is 0 Å². The molecule has 30 heavy (non-hydrogen) atoms. The van der Waals surface area contributed by atoms with E-state index in [4.69, 9.17) is 9.47 Å². The SMILES string of the molecule is COCCN1CCC(CN(C[C@@H]2CCCO2)C(=O)Cc2c(F)ccc(F)c2F)CC1. The normalized spacial score (nSPS) is 20.6. The second-order valence-electron chi connectivity index (χ2n) is 8.21. The van der Waals surface area contributed by atoms with Crippen molar-refractivity contribution in [2.75, 3.05) is 53.0 Å². The Hall–Kier alpha value is -1.64. The summed E-state index contributed by atoms with van der Waals surface area (Å²) in [6.07, 6.45) is 3.15. The van der Waals surface area contributed by atoms with Crippen LogP contribution in [0, 0.1) is 23.4 Å². The van der Waals surface area contributed by atoms with Crippen LogP contribution >= 0.6 is 0 Å². The number of carbonyl (C=O) groups is 1. The van der Waals surface area contributed by atoms with Crippen LogP contribution in [-0.4, -0.2) is 74.9 Å². The molecule has 0 aliphatic carbocycles. The molecule has 2 fully saturated rings. The Morgan fingerprint density at radius 1 is 1.17 bits per heavy atom. The molecule has 0 radical (unpaired) electrons. The van der Waals surface area contributed by atoms with Crippen molar-refractivity contribution in [3.8, 4) is 0 Å². The van der Waals surface area contributed by atoms with Crippen molar-refractivity contribution in [3.05, 3.63) is 35.1 Å². The number of rotatable bonds is 9. The van der Waals surface area contributed by atoms with Crippen LogP contribution in [0.3, 0.4) is 0 Å². The van der Waals surface area contributed by atoms with Gasteiger partial charge in [-0.1, -0.05) is 0 Å². The minimum atomic E-state index is -1.29. The first-order chi connectivity index (χ1) is 14.5. The van der Waals surface area contributed by atoms with Gasteiger partial charge in [0.2, 0.25) is 5.91 Å². The zero-order valence-electron chi connectivity index (χ0n) is 17.5. The highest BCUT2D eigenvalue weighted by Crippen LogP contribution is 2.22. The Labute approximate surface area is 176 Å². The van der Waals surface area contributed by atoms with Gasteiger partial charge >= 0.3 is 0 Å². The number of halogens is 3. The molecule has 0 N–H and O–H groups in total. The third-order valence-corrected chi connectivity index (χ3v) is 6.07. The second kappa shape index (κ2) is 11.1. The van der Waals surface area contributed by atoms with Crippen molar-refractivity contribution in [3.63, 3.8) is 0 Å². The number of benzene rings is 1. The molecule has 0 bridgehead atoms. The molecular formula is C22H31F3N2O3. The molecule has 2 aliphatic heterocycles. The summed E-state index contributed by atoms with van der Waals surface area (Å²) >= 11 is 0. The molecule has 8 heteroatoms. The standard InChI is InChI=1S/C22H31F3N2O3/c1-29-12-10-26-8-6-16(7-9-26)14-27(15-17-3-2-11-30-17)21(28)13-18-19(23)4-5-20(24)22(18)25/h4-5,16-17H,2-3,6-15H2,1H3/t17-/m0/s1. The number of amides is 1. The fraction of sp³-hybridized carbons (Fsp3) is 0.682. The lowest BCUT2D eigenvalue weighted by atomic mass is 9.95. The maximum Gasteiger partial charge on any atom is 0.227 e. The predicted molar refractivity (Wildman–Crippen MR) is 107 cm³/mol. The molecule has 5 nitrogen and oxygen atoms in total. The molecule has 0 spiro atoms. The maximum absolute atomic E-state index is 14.1. The molecule has 168 valence electrons. The molecule has 1 aromatic rings. The Morgan fingerprint density at radius 2 is 1.90 bits per heavy atom. The lowest BCUT2D eigenvalue weighted by Crippen LogP contribution is -2.44. The van der Waals surface area contributed by atoms with Crippen LogP contribution in [0.25, 0.3) is 0 Å². The number of hydrogen-bond donors (Lipinski definition) is 0. The highest BCUT2D eigenvalue weighted by Gasteiger charge is 2.28. The van der Waals surface area contributed by atoms with Gasteiger partial charge in [0.15, 0.2) is 11.6 Å². The van der Waals surface area contributed by atoms with E-state index in [1.54, 1.807) is 12.0 Å². The largest absolute Gasteiger partial charge is 0.383 e. The second-order valence-corrected chi connectivity index (χ2v) is 8.21. The van der Waals surface area contributed by atoms with E-state index in [0.717, 1.165) is 57.5 Å². The van der Waals surface area contributed by atoms with E-state index in [2.05, 4.69) is 4.90 Å². The molecule has 0 unspecified atom stereocenters. The number of likely N-dealkylation sites (tertiary alicyclic amines) is 1. The summed E-state index contributed by atoms with van der Waals surface area (Å²) in [5, 5.41) is 0. The van der Waals surface area contributed by atoms with Crippen molar-refractivity contribution in [1.82, 2.24) is 9.80 Å². The van der Waals surface area contributed by atoms with Gasteiger partial charge in [-0.25, -0.2) is 13.2 Å². The van der Waals surface area contributed by atoms with Crippen molar-refractivity contribution >= 4 is 5.91 Å². The van der Waals surface area contributed by atoms with E-state index in [9.17, 15) is 18.0 Å². The molecular weight excluding hydrogens is 397 g/mol. The van der Waals surface area contributed by atoms with Gasteiger partial charge in [0.1, 0.15) is 5.82 Å². The zero-order valence-corrected chi connectivity index (χ0v) is 17.5. The molecule has 2 heterocycles. The number of nitrogens with zero attached hydrogens (tertiary/aromatic N) is 2. The molecule has 1 aromatic carbocycles. The smallest absolute Gasteiger partial charge is 0.227 e. The average molecular weight is 428 g/mol. The highest BCUT2D eigenvalue weighted by molar-refractivity contribution is 5.79. The van der Waals surface area contributed by atoms with E-state index in [1.165, 1.54) is 0 Å². The number of piperidine rings is 1. The number of ether oxygens (including phenoxy) is 2. The summed E-state index contributed by atoms with van der Waals surface area (Å²) in [4.78, 5) is 17.0. The summed E-state index contributed by atoms with van der Waals surface area (Å²) in [5.74, 6) is -3.40. The molecule has 1 amide bonds. The fourth-order valence-corrected chi connectivity index (χ4v) is 4.23. The molecule has 0 saturated carbocycles. The molecule has 2 aliphatic rings. The van der Waals surface area contributed by atoms with Crippen LogP contribution in [0.5, 0.6) is 0 Å². The van der Waals surface area contributed by atoms with Crippen molar-refractivity contribution in [1.29, 1.82) is 0 Å².